The minimum absolute atomic E-state index is 0.0762. The monoisotopic (exact) mass is 329 g/mol. The zero-order valence-corrected chi connectivity index (χ0v) is 14.5. The number of rotatable bonds is 4. The van der Waals surface area contributed by atoms with Crippen LogP contribution in [0.1, 0.15) is 35.1 Å². The van der Waals surface area contributed by atoms with Gasteiger partial charge < -0.3 is 0 Å². The largest absolute Gasteiger partial charge is 0.206 e. The normalized spacial score (nSPS) is 11.8. The first-order valence-electron chi connectivity index (χ1n) is 8.42. The Bertz CT molecular complexity index is 902. The van der Waals surface area contributed by atoms with Crippen LogP contribution in [0.4, 0.5) is 4.39 Å². The molecule has 0 saturated heterocycles. The molecule has 3 aromatic rings. The van der Waals surface area contributed by atoms with Gasteiger partial charge in [-0.15, -0.1) is 0 Å². The van der Waals surface area contributed by atoms with Gasteiger partial charge in [0.2, 0.25) is 0 Å². The Kier molecular flexibility index (Phi) is 4.95. The Morgan fingerprint density at radius 1 is 0.920 bits per heavy atom. The third kappa shape index (κ3) is 3.95. The van der Waals surface area contributed by atoms with Crippen molar-refractivity contribution >= 4 is 0 Å². The average molecular weight is 329 g/mol. The van der Waals surface area contributed by atoms with Crippen molar-refractivity contribution in [2.75, 3.05) is 0 Å². The number of aryl methyl sites for hydroxylation is 1. The van der Waals surface area contributed by atoms with E-state index >= 15 is 0 Å². The molecule has 0 aliphatic rings. The van der Waals surface area contributed by atoms with E-state index in [9.17, 15) is 4.39 Å². The van der Waals surface area contributed by atoms with Crippen LogP contribution in [0.25, 0.3) is 11.1 Å². The van der Waals surface area contributed by atoms with E-state index < -0.39 is 5.82 Å². The average Bonchev–Trinajstić information content (AvgIpc) is 2.63. The molecule has 25 heavy (non-hydrogen) atoms. The molecule has 0 bridgehead atoms. The highest BCUT2D eigenvalue weighted by molar-refractivity contribution is 5.64. The Balaban J connectivity index is 1.75. The molecule has 0 aliphatic heterocycles. The Hall–Kier alpha value is -2.92. The van der Waals surface area contributed by atoms with Gasteiger partial charge in [-0.3, -0.25) is 0 Å². The maximum absolute atomic E-state index is 13.8. The summed E-state index contributed by atoms with van der Waals surface area (Å²) >= 11 is 0. The van der Waals surface area contributed by atoms with Crippen LogP contribution >= 0.6 is 0 Å². The molecule has 3 aromatic carbocycles. The summed E-state index contributed by atoms with van der Waals surface area (Å²) in [5, 5.41) is 8.82. The van der Waals surface area contributed by atoms with Crippen molar-refractivity contribution in [3.63, 3.8) is 0 Å². The van der Waals surface area contributed by atoms with E-state index in [1.165, 1.54) is 28.8 Å². The minimum atomic E-state index is -0.475. The lowest BCUT2D eigenvalue weighted by atomic mass is 9.92. The molecule has 1 unspecified atom stereocenters. The lowest BCUT2D eigenvalue weighted by Gasteiger charge is -2.13. The molecule has 0 heterocycles. The summed E-state index contributed by atoms with van der Waals surface area (Å²) in [6, 6.07) is 23.5. The van der Waals surface area contributed by atoms with Crippen LogP contribution in [0.3, 0.4) is 0 Å². The minimum Gasteiger partial charge on any atom is -0.206 e. The fraction of sp³-hybridized carbons (Fsp3) is 0.174. The maximum Gasteiger partial charge on any atom is 0.141 e. The number of halogens is 1. The molecule has 0 aliphatic carbocycles. The summed E-state index contributed by atoms with van der Waals surface area (Å²) in [4.78, 5) is 0. The van der Waals surface area contributed by atoms with Crippen molar-refractivity contribution in [3.8, 4) is 17.2 Å². The number of hydrogen-bond donors (Lipinski definition) is 0. The lowest BCUT2D eigenvalue weighted by molar-refractivity contribution is 0.624. The van der Waals surface area contributed by atoms with Crippen molar-refractivity contribution < 1.29 is 4.39 Å². The van der Waals surface area contributed by atoms with Crippen molar-refractivity contribution in [1.82, 2.24) is 0 Å². The van der Waals surface area contributed by atoms with Gasteiger partial charge in [0.15, 0.2) is 0 Å². The van der Waals surface area contributed by atoms with Gasteiger partial charge in [-0.25, -0.2) is 4.39 Å². The Morgan fingerprint density at radius 2 is 1.56 bits per heavy atom. The van der Waals surface area contributed by atoms with Crippen LogP contribution in [0.2, 0.25) is 0 Å². The van der Waals surface area contributed by atoms with E-state index in [0.717, 1.165) is 17.5 Å². The van der Waals surface area contributed by atoms with Gasteiger partial charge in [0.25, 0.3) is 0 Å². The highest BCUT2D eigenvalue weighted by Gasteiger charge is 2.08. The van der Waals surface area contributed by atoms with Gasteiger partial charge in [-0.2, -0.15) is 5.26 Å². The second-order valence-electron chi connectivity index (χ2n) is 6.52. The standard InChI is InChI=1S/C23H20FN/c1-16-3-7-19(8-4-16)17(2)13-18-5-9-20(10-6-18)21-11-12-22(15-25)23(24)14-21/h3-12,14,17H,13H2,1-2H3. The first kappa shape index (κ1) is 16.9. The van der Waals surface area contributed by atoms with Gasteiger partial charge in [-0.1, -0.05) is 67.1 Å². The topological polar surface area (TPSA) is 23.8 Å². The lowest BCUT2D eigenvalue weighted by Crippen LogP contribution is -1.98. The number of benzene rings is 3. The SMILES string of the molecule is Cc1ccc(C(C)Cc2ccc(-c3ccc(C#N)c(F)c3)cc2)cc1. The zero-order valence-electron chi connectivity index (χ0n) is 14.5. The fourth-order valence-electron chi connectivity index (χ4n) is 2.99. The second kappa shape index (κ2) is 7.32. The summed E-state index contributed by atoms with van der Waals surface area (Å²) in [5.41, 5.74) is 5.68. The summed E-state index contributed by atoms with van der Waals surface area (Å²) in [5.74, 6) is -0.0316. The summed E-state index contributed by atoms with van der Waals surface area (Å²) in [6.07, 6.45) is 0.963. The molecular formula is C23H20FN. The summed E-state index contributed by atoms with van der Waals surface area (Å²) < 4.78 is 13.8. The maximum atomic E-state index is 13.8. The molecule has 0 spiro atoms. The van der Waals surface area contributed by atoms with Gasteiger partial charge >= 0.3 is 0 Å². The predicted molar refractivity (Wildman–Crippen MR) is 99.8 cm³/mol. The Morgan fingerprint density at radius 3 is 2.16 bits per heavy atom. The van der Waals surface area contributed by atoms with E-state index in [4.69, 9.17) is 5.26 Å². The van der Waals surface area contributed by atoms with Gasteiger partial charge in [0.1, 0.15) is 11.9 Å². The second-order valence-corrected chi connectivity index (χ2v) is 6.52. The molecule has 0 amide bonds. The third-order valence-corrected chi connectivity index (χ3v) is 4.57. The summed E-state index contributed by atoms with van der Waals surface area (Å²) in [6.45, 7) is 4.33. The molecule has 0 fully saturated rings. The van der Waals surface area contributed by atoms with E-state index in [0.29, 0.717) is 5.92 Å². The molecule has 0 saturated carbocycles. The van der Waals surface area contributed by atoms with Crippen molar-refractivity contribution in [2.24, 2.45) is 0 Å². The van der Waals surface area contributed by atoms with E-state index in [-0.39, 0.29) is 5.56 Å². The smallest absolute Gasteiger partial charge is 0.141 e. The van der Waals surface area contributed by atoms with Crippen molar-refractivity contribution in [3.05, 3.63) is 94.8 Å². The van der Waals surface area contributed by atoms with Crippen LogP contribution in [0.5, 0.6) is 0 Å². The van der Waals surface area contributed by atoms with Gasteiger partial charge in [0.05, 0.1) is 5.56 Å². The number of hydrogen-bond acceptors (Lipinski definition) is 1. The molecule has 3 rings (SSSR count). The van der Waals surface area contributed by atoms with E-state index in [1.54, 1.807) is 6.07 Å². The molecule has 0 N–H and O–H groups in total. The highest BCUT2D eigenvalue weighted by Crippen LogP contribution is 2.25. The molecule has 0 aromatic heterocycles. The van der Waals surface area contributed by atoms with Gasteiger partial charge in [0, 0.05) is 0 Å². The number of nitrogens with zero attached hydrogens (tertiary/aromatic N) is 1. The van der Waals surface area contributed by atoms with Gasteiger partial charge in [-0.05, 0) is 53.6 Å². The first-order valence-corrected chi connectivity index (χ1v) is 8.42. The third-order valence-electron chi connectivity index (χ3n) is 4.57. The van der Waals surface area contributed by atoms with Crippen molar-refractivity contribution in [1.29, 1.82) is 5.26 Å². The first-order chi connectivity index (χ1) is 12.1. The molecule has 2 heteroatoms. The quantitative estimate of drug-likeness (QED) is 0.574. The van der Waals surface area contributed by atoms with E-state index in [2.05, 4.69) is 50.2 Å². The Labute approximate surface area is 148 Å². The molecular weight excluding hydrogens is 309 g/mol. The van der Waals surface area contributed by atoms with Crippen molar-refractivity contribution in [2.45, 2.75) is 26.2 Å². The van der Waals surface area contributed by atoms with Crippen LogP contribution in [0.15, 0.2) is 66.7 Å². The van der Waals surface area contributed by atoms with Crippen LogP contribution in [0, 0.1) is 24.1 Å². The highest BCUT2D eigenvalue weighted by atomic mass is 19.1. The predicted octanol–water partition coefficient (Wildman–Crippen LogP) is 6.02. The van der Waals surface area contributed by atoms with Crippen LogP contribution in [-0.4, -0.2) is 0 Å². The fourth-order valence-corrected chi connectivity index (χ4v) is 2.99. The zero-order chi connectivity index (χ0) is 17.8. The van der Waals surface area contributed by atoms with Crippen LogP contribution < -0.4 is 0 Å². The summed E-state index contributed by atoms with van der Waals surface area (Å²) in [7, 11) is 0. The van der Waals surface area contributed by atoms with E-state index in [1.807, 2.05) is 18.2 Å². The molecule has 0 radical (unpaired) electrons. The van der Waals surface area contributed by atoms with Crippen LogP contribution in [-0.2, 0) is 6.42 Å². The molecule has 1 nitrogen and oxygen atoms in total. The number of nitriles is 1. The molecule has 124 valence electrons. The molecule has 1 atom stereocenters.